The van der Waals surface area contributed by atoms with Gasteiger partial charge in [0.1, 0.15) is 0 Å². The van der Waals surface area contributed by atoms with Crippen molar-refractivity contribution in [3.8, 4) is 11.5 Å². The summed E-state index contributed by atoms with van der Waals surface area (Å²) in [5.74, 6) is 1.19. The minimum absolute atomic E-state index is 0.00359. The van der Waals surface area contributed by atoms with Gasteiger partial charge >= 0.3 is 0 Å². The molecule has 1 heterocycles. The van der Waals surface area contributed by atoms with Crippen LogP contribution >= 0.6 is 0 Å². The van der Waals surface area contributed by atoms with Gasteiger partial charge in [0.2, 0.25) is 0 Å². The summed E-state index contributed by atoms with van der Waals surface area (Å²) in [5, 5.41) is 0. The molecule has 0 radical (unpaired) electrons. The van der Waals surface area contributed by atoms with Gasteiger partial charge in [-0.3, -0.25) is 4.79 Å². The van der Waals surface area contributed by atoms with E-state index in [2.05, 4.69) is 0 Å². The normalized spacial score (nSPS) is 19.2. The topological polar surface area (TPSA) is 64.8 Å². The first-order valence-corrected chi connectivity index (χ1v) is 5.95. The van der Waals surface area contributed by atoms with Crippen molar-refractivity contribution in [3.05, 3.63) is 23.8 Å². The predicted molar refractivity (Wildman–Crippen MR) is 67.6 cm³/mol. The zero-order chi connectivity index (χ0) is 13.1. The Labute approximate surface area is 106 Å². The van der Waals surface area contributed by atoms with Gasteiger partial charge in [0.25, 0.3) is 5.91 Å². The van der Waals surface area contributed by atoms with Gasteiger partial charge < -0.3 is 20.1 Å². The van der Waals surface area contributed by atoms with Gasteiger partial charge in [0.05, 0.1) is 7.11 Å². The number of likely N-dealkylation sites (tertiary alicyclic amines) is 1. The van der Waals surface area contributed by atoms with Crippen molar-refractivity contribution in [2.45, 2.75) is 19.1 Å². The van der Waals surface area contributed by atoms with E-state index < -0.39 is 6.10 Å². The Hall–Kier alpha value is -1.75. The Morgan fingerprint density at radius 2 is 2.28 bits per heavy atom. The van der Waals surface area contributed by atoms with E-state index in [0.717, 1.165) is 12.1 Å². The minimum atomic E-state index is -0.434. The third-order valence-electron chi connectivity index (χ3n) is 3.14. The highest BCUT2D eigenvalue weighted by atomic mass is 16.5. The van der Waals surface area contributed by atoms with Gasteiger partial charge in [-0.2, -0.15) is 0 Å². The fourth-order valence-corrected chi connectivity index (χ4v) is 2.06. The standard InChI is InChI=1S/C13H18N2O3/c1-15-7-6-11(13(15)16)18-12-9(8-14)4-3-5-10(12)17-2/h3-5,11H,6-8,14H2,1-2H3. The number of amides is 1. The first-order valence-electron chi connectivity index (χ1n) is 5.95. The number of benzene rings is 1. The second-order valence-corrected chi connectivity index (χ2v) is 4.31. The molecule has 2 N–H and O–H groups in total. The van der Waals surface area contributed by atoms with Gasteiger partial charge in [0.15, 0.2) is 17.6 Å². The molecule has 0 saturated carbocycles. The zero-order valence-corrected chi connectivity index (χ0v) is 10.7. The maximum absolute atomic E-state index is 11.8. The monoisotopic (exact) mass is 250 g/mol. The highest BCUT2D eigenvalue weighted by Crippen LogP contribution is 2.33. The molecule has 2 rings (SSSR count). The van der Waals surface area contributed by atoms with E-state index in [9.17, 15) is 4.79 Å². The van der Waals surface area contributed by atoms with Crippen LogP contribution in [-0.4, -0.2) is 37.6 Å². The summed E-state index contributed by atoms with van der Waals surface area (Å²) in [5.41, 5.74) is 6.52. The van der Waals surface area contributed by atoms with Crippen molar-refractivity contribution in [2.24, 2.45) is 5.73 Å². The first kappa shape index (κ1) is 12.7. The van der Waals surface area contributed by atoms with Gasteiger partial charge in [-0.15, -0.1) is 0 Å². The van der Waals surface area contributed by atoms with E-state index in [1.165, 1.54) is 0 Å². The smallest absolute Gasteiger partial charge is 0.263 e. The molecule has 0 spiro atoms. The molecule has 1 amide bonds. The Morgan fingerprint density at radius 3 is 2.83 bits per heavy atom. The Kier molecular flexibility index (Phi) is 3.72. The van der Waals surface area contributed by atoms with Crippen LogP contribution in [0.2, 0.25) is 0 Å². The Balaban J connectivity index is 2.25. The minimum Gasteiger partial charge on any atom is -0.493 e. The van der Waals surface area contributed by atoms with Crippen molar-refractivity contribution >= 4 is 5.91 Å². The maximum Gasteiger partial charge on any atom is 0.263 e. The lowest BCUT2D eigenvalue weighted by molar-refractivity contribution is -0.132. The lowest BCUT2D eigenvalue weighted by Crippen LogP contribution is -2.29. The average molecular weight is 250 g/mol. The number of hydrogen-bond donors (Lipinski definition) is 1. The molecule has 0 bridgehead atoms. The highest BCUT2D eigenvalue weighted by Gasteiger charge is 2.32. The predicted octanol–water partition coefficient (Wildman–Crippen LogP) is 0.763. The molecular formula is C13H18N2O3. The van der Waals surface area contributed by atoms with Crippen molar-refractivity contribution in [2.75, 3.05) is 20.7 Å². The molecule has 1 fully saturated rings. The maximum atomic E-state index is 11.8. The van der Waals surface area contributed by atoms with Crippen LogP contribution in [0.15, 0.2) is 18.2 Å². The number of carbonyl (C=O) groups is 1. The molecule has 5 nitrogen and oxygen atoms in total. The van der Waals surface area contributed by atoms with E-state index in [1.54, 1.807) is 25.1 Å². The largest absolute Gasteiger partial charge is 0.493 e. The van der Waals surface area contributed by atoms with Crippen molar-refractivity contribution in [1.82, 2.24) is 4.90 Å². The Morgan fingerprint density at radius 1 is 1.50 bits per heavy atom. The van der Waals surface area contributed by atoms with Crippen molar-refractivity contribution in [1.29, 1.82) is 0 Å². The highest BCUT2D eigenvalue weighted by molar-refractivity contribution is 5.83. The fraction of sp³-hybridized carbons (Fsp3) is 0.462. The number of ether oxygens (including phenoxy) is 2. The molecule has 0 aliphatic carbocycles. The van der Waals surface area contributed by atoms with Crippen LogP contribution in [-0.2, 0) is 11.3 Å². The summed E-state index contributed by atoms with van der Waals surface area (Å²) in [6.07, 6.45) is 0.258. The van der Waals surface area contributed by atoms with Crippen LogP contribution in [0.25, 0.3) is 0 Å². The SMILES string of the molecule is COc1cccc(CN)c1OC1CCN(C)C1=O. The summed E-state index contributed by atoms with van der Waals surface area (Å²) >= 11 is 0. The van der Waals surface area contributed by atoms with Gasteiger partial charge in [-0.1, -0.05) is 12.1 Å². The zero-order valence-electron chi connectivity index (χ0n) is 10.7. The van der Waals surface area contributed by atoms with E-state index in [4.69, 9.17) is 15.2 Å². The molecule has 1 unspecified atom stereocenters. The number of methoxy groups -OCH3 is 1. The molecule has 18 heavy (non-hydrogen) atoms. The molecule has 5 heteroatoms. The third-order valence-corrected chi connectivity index (χ3v) is 3.14. The molecule has 1 aromatic rings. The quantitative estimate of drug-likeness (QED) is 0.857. The molecule has 1 atom stereocenters. The van der Waals surface area contributed by atoms with E-state index in [1.807, 2.05) is 12.1 Å². The van der Waals surface area contributed by atoms with Crippen LogP contribution in [0.4, 0.5) is 0 Å². The van der Waals surface area contributed by atoms with Crippen LogP contribution in [0.3, 0.4) is 0 Å². The first-order chi connectivity index (χ1) is 8.67. The van der Waals surface area contributed by atoms with Gasteiger partial charge in [-0.25, -0.2) is 0 Å². The third kappa shape index (κ3) is 2.26. The number of para-hydroxylation sites is 1. The second kappa shape index (κ2) is 5.27. The van der Waals surface area contributed by atoms with Crippen LogP contribution in [0.1, 0.15) is 12.0 Å². The van der Waals surface area contributed by atoms with Gasteiger partial charge in [-0.05, 0) is 6.07 Å². The summed E-state index contributed by atoms with van der Waals surface area (Å²) < 4.78 is 11.1. The van der Waals surface area contributed by atoms with E-state index in [0.29, 0.717) is 24.5 Å². The van der Waals surface area contributed by atoms with E-state index >= 15 is 0 Å². The average Bonchev–Trinajstić information content (AvgIpc) is 2.71. The summed E-state index contributed by atoms with van der Waals surface area (Å²) in [6.45, 7) is 1.07. The van der Waals surface area contributed by atoms with Crippen molar-refractivity contribution in [3.63, 3.8) is 0 Å². The molecule has 98 valence electrons. The Bertz CT molecular complexity index is 426. The van der Waals surface area contributed by atoms with E-state index in [-0.39, 0.29) is 5.91 Å². The fourth-order valence-electron chi connectivity index (χ4n) is 2.06. The van der Waals surface area contributed by atoms with Crippen LogP contribution < -0.4 is 15.2 Å². The second-order valence-electron chi connectivity index (χ2n) is 4.31. The summed E-state index contributed by atoms with van der Waals surface area (Å²) in [7, 11) is 3.35. The lowest BCUT2D eigenvalue weighted by atomic mass is 10.2. The number of likely N-dealkylation sites (N-methyl/N-ethyl adjacent to an activating group) is 1. The number of nitrogens with two attached hydrogens (primary N) is 1. The molecule has 1 aliphatic heterocycles. The molecule has 0 aromatic heterocycles. The number of carbonyl (C=O) groups excluding carboxylic acids is 1. The number of hydrogen-bond acceptors (Lipinski definition) is 4. The van der Waals surface area contributed by atoms with Crippen LogP contribution in [0.5, 0.6) is 11.5 Å². The summed E-state index contributed by atoms with van der Waals surface area (Å²) in [4.78, 5) is 13.5. The number of rotatable bonds is 4. The molecule has 1 aliphatic rings. The van der Waals surface area contributed by atoms with Gasteiger partial charge in [0, 0.05) is 32.1 Å². The molecule has 1 aromatic carbocycles. The lowest BCUT2D eigenvalue weighted by Gasteiger charge is -2.18. The van der Waals surface area contributed by atoms with Crippen LogP contribution in [0, 0.1) is 0 Å². The molecule has 1 saturated heterocycles. The molecular weight excluding hydrogens is 232 g/mol. The van der Waals surface area contributed by atoms with Crippen molar-refractivity contribution < 1.29 is 14.3 Å². The summed E-state index contributed by atoms with van der Waals surface area (Å²) in [6, 6.07) is 5.54. The number of nitrogens with zero attached hydrogens (tertiary/aromatic N) is 1.